The summed E-state index contributed by atoms with van der Waals surface area (Å²) in [5.74, 6) is -1.94. The lowest BCUT2D eigenvalue weighted by Crippen LogP contribution is -2.45. The van der Waals surface area contributed by atoms with Crippen molar-refractivity contribution in [2.45, 2.75) is 25.0 Å². The maximum absolute atomic E-state index is 13.4. The van der Waals surface area contributed by atoms with Crippen LogP contribution in [-0.4, -0.2) is 29.2 Å². The molecule has 0 unspecified atom stereocenters. The van der Waals surface area contributed by atoms with Crippen LogP contribution in [0, 0.1) is 11.6 Å². The Labute approximate surface area is 144 Å². The van der Waals surface area contributed by atoms with Gasteiger partial charge in [-0.05, 0) is 36.1 Å². The predicted octanol–water partition coefficient (Wildman–Crippen LogP) is 3.59. The van der Waals surface area contributed by atoms with E-state index in [4.69, 9.17) is 4.74 Å². The van der Waals surface area contributed by atoms with Gasteiger partial charge < -0.3 is 14.7 Å². The van der Waals surface area contributed by atoms with Gasteiger partial charge in [-0.3, -0.25) is 0 Å². The number of likely N-dealkylation sites (tertiary alicyclic amines) is 1. The highest BCUT2D eigenvalue weighted by Gasteiger charge is 2.36. The van der Waals surface area contributed by atoms with Crippen LogP contribution >= 0.6 is 0 Å². The third-order valence-electron chi connectivity index (χ3n) is 4.51. The molecular formula is C19H19F2NO3. The first kappa shape index (κ1) is 17.4. The Morgan fingerprint density at radius 3 is 2.40 bits per heavy atom. The largest absolute Gasteiger partial charge is 0.445 e. The molecule has 0 radical (unpaired) electrons. The summed E-state index contributed by atoms with van der Waals surface area (Å²) in [5, 5.41) is 10.7. The number of amides is 1. The molecule has 1 N–H and O–H groups in total. The summed E-state index contributed by atoms with van der Waals surface area (Å²) in [6.07, 6.45) is 0.0213. The maximum Gasteiger partial charge on any atom is 0.410 e. The summed E-state index contributed by atoms with van der Waals surface area (Å²) >= 11 is 0. The quantitative estimate of drug-likeness (QED) is 0.923. The summed E-state index contributed by atoms with van der Waals surface area (Å²) in [7, 11) is 0. The van der Waals surface area contributed by atoms with Crippen molar-refractivity contribution >= 4 is 6.09 Å². The Bertz CT molecular complexity index is 744. The van der Waals surface area contributed by atoms with Crippen molar-refractivity contribution < 1.29 is 23.4 Å². The van der Waals surface area contributed by atoms with Gasteiger partial charge in [0.15, 0.2) is 11.6 Å². The summed E-state index contributed by atoms with van der Waals surface area (Å²) in [6.45, 7) is 0.746. The molecule has 2 aromatic rings. The van der Waals surface area contributed by atoms with Gasteiger partial charge in [-0.1, -0.05) is 36.4 Å². The fourth-order valence-corrected chi connectivity index (χ4v) is 2.94. The molecule has 132 valence electrons. The van der Waals surface area contributed by atoms with Crippen LogP contribution in [0.5, 0.6) is 0 Å². The lowest BCUT2D eigenvalue weighted by atomic mass is 9.84. The van der Waals surface area contributed by atoms with E-state index in [1.165, 1.54) is 11.0 Å². The lowest BCUT2D eigenvalue weighted by Gasteiger charge is -2.38. The van der Waals surface area contributed by atoms with Crippen molar-refractivity contribution in [3.63, 3.8) is 0 Å². The van der Waals surface area contributed by atoms with Gasteiger partial charge in [-0.15, -0.1) is 0 Å². The summed E-state index contributed by atoms with van der Waals surface area (Å²) in [4.78, 5) is 13.6. The highest BCUT2D eigenvalue weighted by molar-refractivity contribution is 5.67. The van der Waals surface area contributed by atoms with Crippen LogP contribution < -0.4 is 0 Å². The number of nitrogens with zero attached hydrogens (tertiary/aromatic N) is 1. The molecule has 0 aliphatic carbocycles. The zero-order valence-corrected chi connectivity index (χ0v) is 13.6. The van der Waals surface area contributed by atoms with Crippen LogP contribution in [0.25, 0.3) is 0 Å². The number of benzene rings is 2. The standard InChI is InChI=1S/C19H19F2NO3/c20-16-7-6-15(12-17(16)21)19(24)8-10-22(11-9-19)18(23)25-13-14-4-2-1-3-5-14/h1-7,12,24H,8-11,13H2. The van der Waals surface area contributed by atoms with E-state index >= 15 is 0 Å². The zero-order chi connectivity index (χ0) is 17.9. The molecule has 1 saturated heterocycles. The zero-order valence-electron chi connectivity index (χ0n) is 13.6. The van der Waals surface area contributed by atoms with E-state index in [0.717, 1.165) is 17.7 Å². The van der Waals surface area contributed by atoms with Gasteiger partial charge in [0.1, 0.15) is 6.61 Å². The van der Waals surface area contributed by atoms with Gasteiger partial charge >= 0.3 is 6.09 Å². The minimum Gasteiger partial charge on any atom is -0.445 e. The molecule has 0 atom stereocenters. The Kier molecular flexibility index (Phi) is 4.99. The monoisotopic (exact) mass is 347 g/mol. The Hall–Kier alpha value is -2.47. The summed E-state index contributed by atoms with van der Waals surface area (Å²) in [5.41, 5.74) is -0.0556. The lowest BCUT2D eigenvalue weighted by molar-refractivity contribution is -0.0257. The molecule has 1 fully saturated rings. The van der Waals surface area contributed by atoms with Crippen molar-refractivity contribution in [3.05, 3.63) is 71.3 Å². The van der Waals surface area contributed by atoms with Gasteiger partial charge in [-0.2, -0.15) is 0 Å². The highest BCUT2D eigenvalue weighted by atomic mass is 19.2. The van der Waals surface area contributed by atoms with Crippen LogP contribution in [-0.2, 0) is 16.9 Å². The summed E-state index contributed by atoms with van der Waals surface area (Å²) in [6, 6.07) is 12.7. The number of piperidine rings is 1. The van der Waals surface area contributed by atoms with Crippen molar-refractivity contribution in [3.8, 4) is 0 Å². The number of rotatable bonds is 3. The van der Waals surface area contributed by atoms with E-state index in [9.17, 15) is 18.7 Å². The van der Waals surface area contributed by atoms with E-state index in [-0.39, 0.29) is 32.5 Å². The first-order valence-corrected chi connectivity index (χ1v) is 8.11. The fraction of sp³-hybridized carbons (Fsp3) is 0.316. The molecule has 1 aliphatic heterocycles. The normalized spacial score (nSPS) is 16.5. The third-order valence-corrected chi connectivity index (χ3v) is 4.51. The number of aliphatic hydroxyl groups is 1. The molecule has 0 spiro atoms. The molecule has 25 heavy (non-hydrogen) atoms. The smallest absolute Gasteiger partial charge is 0.410 e. The van der Waals surface area contributed by atoms with E-state index in [2.05, 4.69) is 0 Å². The topological polar surface area (TPSA) is 49.8 Å². The molecule has 0 saturated carbocycles. The van der Waals surface area contributed by atoms with Crippen molar-refractivity contribution in [2.75, 3.05) is 13.1 Å². The van der Waals surface area contributed by atoms with Crippen molar-refractivity contribution in [1.29, 1.82) is 0 Å². The van der Waals surface area contributed by atoms with E-state index < -0.39 is 23.3 Å². The average Bonchev–Trinajstić information content (AvgIpc) is 2.63. The van der Waals surface area contributed by atoms with Crippen molar-refractivity contribution in [2.24, 2.45) is 0 Å². The first-order chi connectivity index (χ1) is 12.0. The van der Waals surface area contributed by atoms with E-state index in [1.54, 1.807) is 0 Å². The fourth-order valence-electron chi connectivity index (χ4n) is 2.94. The van der Waals surface area contributed by atoms with Crippen LogP contribution in [0.15, 0.2) is 48.5 Å². The van der Waals surface area contributed by atoms with Gasteiger partial charge in [0, 0.05) is 13.1 Å². The van der Waals surface area contributed by atoms with Crippen LogP contribution in [0.4, 0.5) is 13.6 Å². The van der Waals surface area contributed by atoms with E-state index in [1.807, 2.05) is 30.3 Å². The number of halogens is 2. The first-order valence-electron chi connectivity index (χ1n) is 8.11. The maximum atomic E-state index is 13.4. The Morgan fingerprint density at radius 2 is 1.76 bits per heavy atom. The Morgan fingerprint density at radius 1 is 1.08 bits per heavy atom. The van der Waals surface area contributed by atoms with Gasteiger partial charge in [-0.25, -0.2) is 13.6 Å². The molecule has 3 rings (SSSR count). The SMILES string of the molecule is O=C(OCc1ccccc1)N1CCC(O)(c2ccc(F)c(F)c2)CC1. The van der Waals surface area contributed by atoms with Crippen LogP contribution in [0.1, 0.15) is 24.0 Å². The highest BCUT2D eigenvalue weighted by Crippen LogP contribution is 2.33. The molecule has 6 heteroatoms. The molecule has 1 aliphatic rings. The second-order valence-electron chi connectivity index (χ2n) is 6.19. The Balaban J connectivity index is 1.57. The van der Waals surface area contributed by atoms with Crippen molar-refractivity contribution in [1.82, 2.24) is 4.90 Å². The molecule has 2 aromatic carbocycles. The number of hydrogen-bond donors (Lipinski definition) is 1. The van der Waals surface area contributed by atoms with Gasteiger partial charge in [0.25, 0.3) is 0 Å². The average molecular weight is 347 g/mol. The molecule has 0 aromatic heterocycles. The molecule has 1 heterocycles. The number of hydrogen-bond acceptors (Lipinski definition) is 3. The molecular weight excluding hydrogens is 328 g/mol. The molecule has 1 amide bonds. The minimum absolute atomic E-state index is 0.184. The second kappa shape index (κ2) is 7.19. The number of ether oxygens (including phenoxy) is 1. The van der Waals surface area contributed by atoms with Crippen LogP contribution in [0.2, 0.25) is 0 Å². The second-order valence-corrected chi connectivity index (χ2v) is 6.19. The van der Waals surface area contributed by atoms with E-state index in [0.29, 0.717) is 5.56 Å². The van der Waals surface area contributed by atoms with Gasteiger partial charge in [0.05, 0.1) is 5.60 Å². The third kappa shape index (κ3) is 3.96. The number of carbonyl (C=O) groups excluding carboxylic acids is 1. The summed E-state index contributed by atoms with van der Waals surface area (Å²) < 4.78 is 31.7. The van der Waals surface area contributed by atoms with Gasteiger partial charge in [0.2, 0.25) is 0 Å². The molecule has 4 nitrogen and oxygen atoms in total. The minimum atomic E-state index is -1.27. The molecule has 0 bridgehead atoms. The van der Waals surface area contributed by atoms with Crippen LogP contribution in [0.3, 0.4) is 0 Å². The predicted molar refractivity (Wildman–Crippen MR) is 87.7 cm³/mol. The number of carbonyl (C=O) groups is 1.